The summed E-state index contributed by atoms with van der Waals surface area (Å²) in [7, 11) is 0. The average molecular weight is 380 g/mol. The molecular weight excluding hydrogens is 357 g/mol. The molecule has 0 aliphatic carbocycles. The topological polar surface area (TPSA) is 54.5 Å². The zero-order valence-electron chi connectivity index (χ0n) is 14.3. The molecule has 3 N–H and O–H groups in total. The van der Waals surface area contributed by atoms with Crippen LogP contribution < -0.4 is 25.6 Å². The predicted octanol–water partition coefficient (Wildman–Crippen LogP) is 2.57. The lowest BCUT2D eigenvalue weighted by molar-refractivity contribution is 0.171. The summed E-state index contributed by atoms with van der Waals surface area (Å²) in [5.41, 5.74) is 8.75. The monoisotopic (exact) mass is 379 g/mol. The van der Waals surface area contributed by atoms with Crippen molar-refractivity contribution in [3.8, 4) is 11.5 Å². The summed E-state index contributed by atoms with van der Waals surface area (Å²) in [4.78, 5) is 0. The maximum atomic E-state index is 13.1. The van der Waals surface area contributed by atoms with Crippen molar-refractivity contribution < 1.29 is 13.9 Å². The van der Waals surface area contributed by atoms with Crippen LogP contribution >= 0.6 is 12.4 Å². The number of hydrogen-bond acceptors (Lipinski definition) is 5. The van der Waals surface area contributed by atoms with Crippen molar-refractivity contribution in [3.63, 3.8) is 0 Å². The number of hydrazine groups is 1. The van der Waals surface area contributed by atoms with Gasteiger partial charge in [0.25, 0.3) is 0 Å². The predicted molar refractivity (Wildman–Crippen MR) is 100 cm³/mol. The zero-order valence-corrected chi connectivity index (χ0v) is 15.2. The number of nitrogens with one attached hydrogen (secondary N) is 3. The Bertz CT molecular complexity index is 729. The molecule has 0 amide bonds. The first kappa shape index (κ1) is 18.9. The van der Waals surface area contributed by atoms with E-state index in [-0.39, 0.29) is 24.3 Å². The number of rotatable bonds is 5. The molecule has 0 radical (unpaired) electrons. The van der Waals surface area contributed by atoms with Gasteiger partial charge in [-0.2, -0.15) is 0 Å². The van der Waals surface area contributed by atoms with E-state index >= 15 is 0 Å². The molecule has 2 aromatic rings. The summed E-state index contributed by atoms with van der Waals surface area (Å²) in [5.74, 6) is 1.82. The van der Waals surface area contributed by atoms with Crippen molar-refractivity contribution in [1.29, 1.82) is 0 Å². The number of benzene rings is 2. The summed E-state index contributed by atoms with van der Waals surface area (Å²) in [6.45, 7) is 3.70. The lowest BCUT2D eigenvalue weighted by atomic mass is 9.95. The number of halogens is 2. The molecule has 2 aromatic carbocycles. The van der Waals surface area contributed by atoms with Gasteiger partial charge in [0.15, 0.2) is 11.5 Å². The standard InChI is InChI=1S/C19H22FN3O2.ClH/c20-16-4-2-14(3-5-16)19-15(12-22-23-19)11-21-10-13-1-6-17-18(9-13)25-8-7-24-17;/h1-6,9,15,19,21-23H,7-8,10-12H2;1H. The van der Waals surface area contributed by atoms with Crippen LogP contribution in [-0.2, 0) is 6.54 Å². The molecule has 140 valence electrons. The molecule has 0 spiro atoms. The fraction of sp³-hybridized carbons (Fsp3) is 0.368. The third kappa shape index (κ3) is 4.27. The third-order valence-electron chi connectivity index (χ3n) is 4.66. The minimum Gasteiger partial charge on any atom is -0.486 e. The van der Waals surface area contributed by atoms with Crippen molar-refractivity contribution in [2.75, 3.05) is 26.3 Å². The SMILES string of the molecule is Cl.Fc1ccc(C2NNCC2CNCc2ccc3c(c2)OCCO3)cc1. The molecule has 5 nitrogen and oxygen atoms in total. The van der Waals surface area contributed by atoms with Gasteiger partial charge < -0.3 is 14.8 Å². The summed E-state index contributed by atoms with van der Waals surface area (Å²) in [6.07, 6.45) is 0. The van der Waals surface area contributed by atoms with Crippen LogP contribution in [0, 0.1) is 11.7 Å². The van der Waals surface area contributed by atoms with Crippen LogP contribution in [-0.4, -0.2) is 26.3 Å². The molecule has 7 heteroatoms. The smallest absolute Gasteiger partial charge is 0.161 e. The third-order valence-corrected chi connectivity index (χ3v) is 4.66. The summed E-state index contributed by atoms with van der Waals surface area (Å²) in [6, 6.07) is 12.9. The molecular formula is C19H23ClFN3O2. The van der Waals surface area contributed by atoms with E-state index in [1.807, 2.05) is 24.3 Å². The normalized spacial score (nSPS) is 21.3. The molecule has 26 heavy (non-hydrogen) atoms. The van der Waals surface area contributed by atoms with Crippen molar-refractivity contribution >= 4 is 12.4 Å². The molecule has 0 saturated carbocycles. The van der Waals surface area contributed by atoms with Gasteiger partial charge in [-0.25, -0.2) is 9.82 Å². The Morgan fingerprint density at radius 1 is 1.04 bits per heavy atom. The molecule has 0 aromatic heterocycles. The van der Waals surface area contributed by atoms with E-state index in [0.29, 0.717) is 19.1 Å². The van der Waals surface area contributed by atoms with E-state index < -0.39 is 0 Å². The van der Waals surface area contributed by atoms with Gasteiger partial charge in [-0.15, -0.1) is 12.4 Å². The number of fused-ring (bicyclic) bond motifs is 1. The van der Waals surface area contributed by atoms with Gasteiger partial charge in [0, 0.05) is 25.6 Å². The maximum Gasteiger partial charge on any atom is 0.161 e. The van der Waals surface area contributed by atoms with Crippen molar-refractivity contribution in [2.45, 2.75) is 12.6 Å². The average Bonchev–Trinajstić information content (AvgIpc) is 3.11. The van der Waals surface area contributed by atoms with Crippen LogP contribution in [0.4, 0.5) is 4.39 Å². The van der Waals surface area contributed by atoms with Crippen LogP contribution in [0.2, 0.25) is 0 Å². The van der Waals surface area contributed by atoms with Crippen molar-refractivity contribution in [2.24, 2.45) is 5.92 Å². The van der Waals surface area contributed by atoms with Crippen molar-refractivity contribution in [1.82, 2.24) is 16.2 Å². The molecule has 2 aliphatic rings. The molecule has 2 aliphatic heterocycles. The van der Waals surface area contributed by atoms with Crippen LogP contribution in [0.5, 0.6) is 11.5 Å². The first-order valence-electron chi connectivity index (χ1n) is 8.63. The van der Waals surface area contributed by atoms with Crippen molar-refractivity contribution in [3.05, 3.63) is 59.4 Å². The Kier molecular flexibility index (Phi) is 6.32. The van der Waals surface area contributed by atoms with Gasteiger partial charge in [-0.1, -0.05) is 18.2 Å². The van der Waals surface area contributed by atoms with Gasteiger partial charge in [0.1, 0.15) is 19.0 Å². The fourth-order valence-corrected chi connectivity index (χ4v) is 3.35. The second kappa shape index (κ2) is 8.68. The van der Waals surface area contributed by atoms with Gasteiger partial charge in [0.05, 0.1) is 6.04 Å². The first-order valence-corrected chi connectivity index (χ1v) is 8.63. The Morgan fingerprint density at radius 2 is 1.81 bits per heavy atom. The van der Waals surface area contributed by atoms with Gasteiger partial charge in [-0.3, -0.25) is 5.43 Å². The van der Waals surface area contributed by atoms with E-state index in [2.05, 4.69) is 22.2 Å². The maximum absolute atomic E-state index is 13.1. The van der Waals surface area contributed by atoms with Crippen LogP contribution in [0.25, 0.3) is 0 Å². The van der Waals surface area contributed by atoms with E-state index in [4.69, 9.17) is 9.47 Å². The largest absolute Gasteiger partial charge is 0.486 e. The van der Waals surface area contributed by atoms with Gasteiger partial charge in [0.2, 0.25) is 0 Å². The second-order valence-electron chi connectivity index (χ2n) is 6.42. The van der Waals surface area contributed by atoms with Crippen LogP contribution in [0.15, 0.2) is 42.5 Å². The Hall–Kier alpha value is -1.86. The number of hydrogen-bond donors (Lipinski definition) is 3. The summed E-state index contributed by atoms with van der Waals surface area (Å²) < 4.78 is 24.3. The molecule has 1 saturated heterocycles. The molecule has 4 rings (SSSR count). The lowest BCUT2D eigenvalue weighted by Crippen LogP contribution is -2.28. The van der Waals surface area contributed by atoms with E-state index in [0.717, 1.165) is 36.7 Å². The summed E-state index contributed by atoms with van der Waals surface area (Å²) in [5, 5.41) is 3.51. The molecule has 2 atom stereocenters. The van der Waals surface area contributed by atoms with Crippen LogP contribution in [0.3, 0.4) is 0 Å². The quantitative estimate of drug-likeness (QED) is 0.745. The molecule has 0 bridgehead atoms. The number of ether oxygens (including phenoxy) is 2. The first-order chi connectivity index (χ1) is 12.3. The van der Waals surface area contributed by atoms with Crippen LogP contribution in [0.1, 0.15) is 17.2 Å². The minimum absolute atomic E-state index is 0. The zero-order chi connectivity index (χ0) is 17.1. The van der Waals surface area contributed by atoms with Gasteiger partial charge in [-0.05, 0) is 35.4 Å². The Morgan fingerprint density at radius 3 is 2.62 bits per heavy atom. The highest BCUT2D eigenvalue weighted by Crippen LogP contribution is 2.31. The van der Waals surface area contributed by atoms with E-state index in [1.165, 1.54) is 17.7 Å². The lowest BCUT2D eigenvalue weighted by Gasteiger charge is -2.20. The Labute approximate surface area is 158 Å². The second-order valence-corrected chi connectivity index (χ2v) is 6.42. The van der Waals surface area contributed by atoms with E-state index in [1.54, 1.807) is 0 Å². The minimum atomic E-state index is -0.206. The molecule has 2 unspecified atom stereocenters. The summed E-state index contributed by atoms with van der Waals surface area (Å²) >= 11 is 0. The highest BCUT2D eigenvalue weighted by atomic mass is 35.5. The highest BCUT2D eigenvalue weighted by Gasteiger charge is 2.27. The fourth-order valence-electron chi connectivity index (χ4n) is 3.35. The van der Waals surface area contributed by atoms with E-state index in [9.17, 15) is 4.39 Å². The Balaban J connectivity index is 0.00000196. The molecule has 1 fully saturated rings. The molecule has 2 heterocycles. The highest BCUT2D eigenvalue weighted by molar-refractivity contribution is 5.85. The van der Waals surface area contributed by atoms with Gasteiger partial charge >= 0.3 is 0 Å².